The zero-order valence-corrected chi connectivity index (χ0v) is 17.2. The third kappa shape index (κ3) is 5.19. The van der Waals surface area contributed by atoms with Gasteiger partial charge in [-0.15, -0.1) is 0 Å². The third-order valence-electron chi connectivity index (χ3n) is 3.81. The molecule has 0 aliphatic carbocycles. The monoisotopic (exact) mass is 388 g/mol. The van der Waals surface area contributed by atoms with Gasteiger partial charge in [0.25, 0.3) is 0 Å². The maximum absolute atomic E-state index is 6.35. The van der Waals surface area contributed by atoms with Crippen molar-refractivity contribution in [2.24, 2.45) is 0 Å². The second-order valence-corrected chi connectivity index (χ2v) is 22.7. The fourth-order valence-electron chi connectivity index (χ4n) is 2.52. The summed E-state index contributed by atoms with van der Waals surface area (Å²) in [6, 6.07) is 0. The Bertz CT molecular complexity index is 368. The van der Waals surface area contributed by atoms with E-state index in [2.05, 4.69) is 60.7 Å². The molecule has 0 aromatic carbocycles. The molecule has 0 aromatic heterocycles. The van der Waals surface area contributed by atoms with E-state index in [9.17, 15) is 0 Å². The molecule has 3 heteroatoms. The van der Waals surface area contributed by atoms with Gasteiger partial charge in [0.05, 0.1) is 0 Å². The van der Waals surface area contributed by atoms with Gasteiger partial charge >= 0.3 is 129 Å². The summed E-state index contributed by atoms with van der Waals surface area (Å²) in [6.45, 7) is 8.59. The van der Waals surface area contributed by atoms with Crippen LogP contribution < -0.4 is 0 Å². The molecule has 0 amide bonds. The van der Waals surface area contributed by atoms with Crippen LogP contribution in [0.5, 0.6) is 0 Å². The first-order chi connectivity index (χ1) is 9.22. The van der Waals surface area contributed by atoms with E-state index in [-0.39, 0.29) is 17.8 Å². The molecule has 1 rings (SSSR count). The molecule has 0 radical (unpaired) electrons. The second-order valence-electron chi connectivity index (χ2n) is 7.24. The minimum atomic E-state index is -1.93. The van der Waals surface area contributed by atoms with E-state index in [4.69, 9.17) is 9.47 Å². The third-order valence-corrected chi connectivity index (χ3v) is 6.70. The van der Waals surface area contributed by atoms with Crippen LogP contribution in [0, 0.1) is 0 Å². The summed E-state index contributed by atoms with van der Waals surface area (Å²) in [5, 5.41) is 0. The fourth-order valence-corrected chi connectivity index (χ4v) is 4.65. The van der Waals surface area contributed by atoms with E-state index in [0.717, 1.165) is 17.5 Å². The number of rotatable bonds is 6. The normalized spacial score (nSPS) is 27.4. The summed E-state index contributed by atoms with van der Waals surface area (Å²) >= 11 is -1.93. The second kappa shape index (κ2) is 7.46. The van der Waals surface area contributed by atoms with Gasteiger partial charge in [-0.25, -0.2) is 0 Å². The molecule has 1 heterocycles. The van der Waals surface area contributed by atoms with Crippen LogP contribution in [0.1, 0.15) is 40.5 Å². The van der Waals surface area contributed by atoms with E-state index in [1.54, 1.807) is 0 Å². The van der Waals surface area contributed by atoms with Gasteiger partial charge in [0.2, 0.25) is 0 Å². The topological polar surface area (TPSA) is 18.5 Å². The molecule has 0 unspecified atom stereocenters. The first kappa shape index (κ1) is 18.2. The van der Waals surface area contributed by atoms with Crippen molar-refractivity contribution in [3.05, 3.63) is 23.8 Å². The molecule has 2 nitrogen and oxygen atoms in total. The number of allylic oxidation sites excluding steroid dienone is 1. The van der Waals surface area contributed by atoms with Gasteiger partial charge in [0.15, 0.2) is 0 Å². The Hall–Kier alpha value is 0.199. The van der Waals surface area contributed by atoms with E-state index < -0.39 is 18.4 Å². The predicted octanol–water partition coefficient (Wildman–Crippen LogP) is 4.73. The molecular weight excluding hydrogens is 355 g/mol. The van der Waals surface area contributed by atoms with Crippen LogP contribution in [0.2, 0.25) is 14.8 Å². The van der Waals surface area contributed by atoms with Gasteiger partial charge in [-0.2, -0.15) is 0 Å². The summed E-state index contributed by atoms with van der Waals surface area (Å²) < 4.78 is 13.6. The Morgan fingerprint density at radius 1 is 1.45 bits per heavy atom. The van der Waals surface area contributed by atoms with Crippen molar-refractivity contribution in [3.63, 3.8) is 0 Å². The minimum absolute atomic E-state index is 0.126. The Balaban J connectivity index is 2.85. The summed E-state index contributed by atoms with van der Waals surface area (Å²) in [5.41, 5.74) is 1.06. The molecule has 20 heavy (non-hydrogen) atoms. The summed E-state index contributed by atoms with van der Waals surface area (Å²) in [5.74, 6) is 0. The number of hydrogen-bond acceptors (Lipinski definition) is 2. The summed E-state index contributed by atoms with van der Waals surface area (Å²) in [4.78, 5) is 7.22. The SMILES string of the molecule is C/C=C\[C@@](C)(O[CH2][Sn]([CH3])([CH3])[CH3])[C@H]1CC=C(C)[C@@H](CC)O1. The molecule has 1 aliphatic heterocycles. The van der Waals surface area contributed by atoms with Crippen molar-refractivity contribution in [2.75, 3.05) is 4.62 Å². The Kier molecular flexibility index (Phi) is 6.80. The standard InChI is InChI=1S/C14H23O2.3CH3.Sn/c1-6-10-14(4,15-5)13-9-8-11(3)12(7-2)16-13;;;;/h6,8,10,12-13H,5,7,9H2,1-4H3;3*1H3;/b10-6-;;;;/t12-,13-,14-;;;;/m1..../s1. The average molecular weight is 387 g/mol. The summed E-state index contributed by atoms with van der Waals surface area (Å²) in [7, 11) is 0. The number of ether oxygens (including phenoxy) is 2. The fraction of sp³-hybridized carbons (Fsp3) is 0.765. The van der Waals surface area contributed by atoms with E-state index in [1.807, 2.05) is 0 Å². The molecule has 0 spiro atoms. The number of hydrogen-bond donors (Lipinski definition) is 0. The van der Waals surface area contributed by atoms with Crippen LogP contribution in [0.3, 0.4) is 0 Å². The van der Waals surface area contributed by atoms with Crippen LogP contribution in [-0.2, 0) is 9.47 Å². The van der Waals surface area contributed by atoms with Gasteiger partial charge in [-0.3, -0.25) is 0 Å². The quantitative estimate of drug-likeness (QED) is 0.485. The van der Waals surface area contributed by atoms with Gasteiger partial charge in [-0.05, 0) is 0 Å². The summed E-state index contributed by atoms with van der Waals surface area (Å²) in [6.07, 6.45) is 8.95. The Labute approximate surface area is 129 Å². The molecular formula is C17H32O2Sn. The van der Waals surface area contributed by atoms with E-state index in [0.29, 0.717) is 0 Å². The van der Waals surface area contributed by atoms with Gasteiger partial charge in [0.1, 0.15) is 0 Å². The Morgan fingerprint density at radius 3 is 2.60 bits per heavy atom. The molecule has 0 N–H and O–H groups in total. The predicted molar refractivity (Wildman–Crippen MR) is 89.8 cm³/mol. The van der Waals surface area contributed by atoms with Crippen LogP contribution >= 0.6 is 0 Å². The first-order valence-electron chi connectivity index (χ1n) is 7.81. The van der Waals surface area contributed by atoms with Crippen LogP contribution in [-0.4, -0.2) is 40.8 Å². The maximum atomic E-state index is 6.35. The van der Waals surface area contributed by atoms with Crippen molar-refractivity contribution < 1.29 is 9.47 Å². The van der Waals surface area contributed by atoms with Crippen molar-refractivity contribution in [1.82, 2.24) is 0 Å². The molecule has 0 fully saturated rings. The zero-order valence-electron chi connectivity index (χ0n) is 14.3. The van der Waals surface area contributed by atoms with Crippen molar-refractivity contribution in [1.29, 1.82) is 0 Å². The van der Waals surface area contributed by atoms with E-state index >= 15 is 0 Å². The van der Waals surface area contributed by atoms with E-state index in [1.165, 1.54) is 5.57 Å². The van der Waals surface area contributed by atoms with Gasteiger partial charge in [0, 0.05) is 0 Å². The molecule has 0 bridgehead atoms. The molecule has 0 aromatic rings. The first-order valence-corrected chi connectivity index (χ1v) is 18.4. The van der Waals surface area contributed by atoms with Crippen molar-refractivity contribution in [3.8, 4) is 0 Å². The van der Waals surface area contributed by atoms with Gasteiger partial charge in [-0.1, -0.05) is 0 Å². The Morgan fingerprint density at radius 2 is 2.10 bits per heavy atom. The van der Waals surface area contributed by atoms with Crippen molar-refractivity contribution >= 4 is 18.4 Å². The van der Waals surface area contributed by atoms with Crippen LogP contribution in [0.15, 0.2) is 23.8 Å². The molecule has 1 aliphatic rings. The van der Waals surface area contributed by atoms with Crippen LogP contribution in [0.25, 0.3) is 0 Å². The van der Waals surface area contributed by atoms with Crippen molar-refractivity contribution in [2.45, 2.75) is 73.2 Å². The molecule has 0 saturated heterocycles. The molecule has 0 saturated carbocycles. The zero-order chi connectivity index (χ0) is 15.4. The average Bonchev–Trinajstić information content (AvgIpc) is 2.36. The molecule has 116 valence electrons. The van der Waals surface area contributed by atoms with Gasteiger partial charge < -0.3 is 0 Å². The van der Waals surface area contributed by atoms with Crippen LogP contribution in [0.4, 0.5) is 0 Å². The molecule has 3 atom stereocenters.